The van der Waals surface area contributed by atoms with Crippen molar-refractivity contribution in [3.8, 4) is 11.5 Å². The molecular weight excluding hydrogens is 460 g/mol. The predicted molar refractivity (Wildman–Crippen MR) is 120 cm³/mol. The molecule has 9 nitrogen and oxygen atoms in total. The molecule has 0 saturated carbocycles. The summed E-state index contributed by atoms with van der Waals surface area (Å²) in [5.74, 6) is -0.298. The van der Waals surface area contributed by atoms with Crippen LogP contribution in [-0.2, 0) is 24.3 Å². The number of ether oxygens (including phenoxy) is 3. The molecule has 0 aliphatic carbocycles. The van der Waals surface area contributed by atoms with Crippen molar-refractivity contribution in [1.29, 1.82) is 0 Å². The van der Waals surface area contributed by atoms with E-state index in [1.807, 2.05) is 0 Å². The molecule has 0 bridgehead atoms. The van der Waals surface area contributed by atoms with Crippen molar-refractivity contribution >= 4 is 45.3 Å². The van der Waals surface area contributed by atoms with Gasteiger partial charge >= 0.3 is 5.97 Å². The zero-order valence-corrected chi connectivity index (χ0v) is 19.5. The third-order valence-corrected chi connectivity index (χ3v) is 6.46. The second-order valence-electron chi connectivity index (χ2n) is 6.53. The number of benzene rings is 2. The van der Waals surface area contributed by atoms with E-state index in [1.54, 1.807) is 18.2 Å². The number of carbonyl (C=O) groups is 2. The van der Waals surface area contributed by atoms with Gasteiger partial charge in [-0.3, -0.25) is 4.79 Å². The second-order valence-corrected chi connectivity index (χ2v) is 9.06. The molecule has 32 heavy (non-hydrogen) atoms. The molecule has 172 valence electrons. The third-order valence-electron chi connectivity index (χ3n) is 4.16. The highest BCUT2D eigenvalue weighted by Gasteiger charge is 2.21. The minimum atomic E-state index is -3.80. The van der Waals surface area contributed by atoms with Gasteiger partial charge in [0.05, 0.1) is 19.2 Å². The van der Waals surface area contributed by atoms with Gasteiger partial charge in [-0.15, -0.1) is 0 Å². The van der Waals surface area contributed by atoms with Gasteiger partial charge in [0.25, 0.3) is 5.91 Å². The van der Waals surface area contributed by atoms with Crippen LogP contribution in [0.25, 0.3) is 6.08 Å². The number of methoxy groups -OCH3 is 2. The largest absolute Gasteiger partial charge is 0.497 e. The van der Waals surface area contributed by atoms with Crippen LogP contribution < -0.4 is 14.8 Å². The van der Waals surface area contributed by atoms with E-state index in [4.69, 9.17) is 25.8 Å². The quantitative estimate of drug-likeness (QED) is 0.432. The molecule has 1 amide bonds. The summed E-state index contributed by atoms with van der Waals surface area (Å²) in [5.41, 5.74) is 0.805. The van der Waals surface area contributed by atoms with Crippen LogP contribution in [0.15, 0.2) is 47.4 Å². The lowest BCUT2D eigenvalue weighted by molar-refractivity contribution is -0.142. The van der Waals surface area contributed by atoms with Gasteiger partial charge in [0, 0.05) is 37.5 Å². The van der Waals surface area contributed by atoms with Crippen molar-refractivity contribution in [2.45, 2.75) is 4.90 Å². The van der Waals surface area contributed by atoms with E-state index in [-0.39, 0.29) is 15.6 Å². The van der Waals surface area contributed by atoms with Crippen molar-refractivity contribution in [3.63, 3.8) is 0 Å². The number of carbonyl (C=O) groups excluding carboxylic acids is 2. The highest BCUT2D eigenvalue weighted by atomic mass is 35.5. The lowest BCUT2D eigenvalue weighted by atomic mass is 10.2. The Balaban J connectivity index is 1.99. The van der Waals surface area contributed by atoms with Crippen LogP contribution >= 0.6 is 11.6 Å². The molecule has 0 atom stereocenters. The summed E-state index contributed by atoms with van der Waals surface area (Å²) in [6, 6.07) is 9.09. The Labute approximate surface area is 191 Å². The van der Waals surface area contributed by atoms with Gasteiger partial charge in [-0.1, -0.05) is 11.6 Å². The molecule has 0 heterocycles. The van der Waals surface area contributed by atoms with Crippen LogP contribution in [0, 0.1) is 0 Å². The molecule has 0 spiro atoms. The van der Waals surface area contributed by atoms with Crippen LogP contribution in [0.1, 0.15) is 5.56 Å². The van der Waals surface area contributed by atoms with Crippen LogP contribution in [0.5, 0.6) is 11.5 Å². The zero-order valence-electron chi connectivity index (χ0n) is 17.9. The summed E-state index contributed by atoms with van der Waals surface area (Å²) in [6.07, 6.45) is 2.64. The number of amides is 1. The first-order chi connectivity index (χ1) is 15.1. The summed E-state index contributed by atoms with van der Waals surface area (Å²) in [7, 11) is 1.95. The smallest absolute Gasteiger partial charge is 0.331 e. The van der Waals surface area contributed by atoms with E-state index in [1.165, 1.54) is 52.6 Å². The van der Waals surface area contributed by atoms with Gasteiger partial charge in [0.15, 0.2) is 6.61 Å². The van der Waals surface area contributed by atoms with E-state index in [0.29, 0.717) is 17.1 Å². The highest BCUT2D eigenvalue weighted by molar-refractivity contribution is 7.89. The number of rotatable bonds is 9. The number of nitrogens with zero attached hydrogens (tertiary/aromatic N) is 1. The Morgan fingerprint density at radius 3 is 2.44 bits per heavy atom. The van der Waals surface area contributed by atoms with Crippen molar-refractivity contribution < 1.29 is 32.2 Å². The van der Waals surface area contributed by atoms with Crippen molar-refractivity contribution in [3.05, 3.63) is 53.1 Å². The maximum Gasteiger partial charge on any atom is 0.331 e. The second kappa shape index (κ2) is 11.0. The molecule has 2 rings (SSSR count). The molecule has 0 radical (unpaired) electrons. The number of hydrogen-bond donors (Lipinski definition) is 1. The van der Waals surface area contributed by atoms with E-state index in [0.717, 1.165) is 10.4 Å². The normalized spacial score (nSPS) is 11.4. The standard InChI is InChI=1S/C21H23ClN2O7S/c1-24(2)32(27,28)19-11-15(7-9-17(19)22)23-20(25)13-31-21(26)10-6-14-5-8-16(29-3)12-18(14)30-4/h5-12H,13H2,1-4H3,(H,23,25). The van der Waals surface area contributed by atoms with Crippen molar-refractivity contribution in [1.82, 2.24) is 4.31 Å². The maximum atomic E-state index is 12.3. The number of esters is 1. The van der Waals surface area contributed by atoms with Crippen LogP contribution in [-0.4, -0.2) is 59.5 Å². The Hall–Kier alpha value is -3.08. The molecule has 0 unspecified atom stereocenters. The van der Waals surface area contributed by atoms with E-state index < -0.39 is 28.5 Å². The predicted octanol–water partition coefficient (Wildman–Crippen LogP) is 2.80. The summed E-state index contributed by atoms with van der Waals surface area (Å²) < 4.78 is 40.9. The van der Waals surface area contributed by atoms with Gasteiger partial charge in [-0.05, 0) is 36.4 Å². The summed E-state index contributed by atoms with van der Waals surface area (Å²) in [4.78, 5) is 23.9. The topological polar surface area (TPSA) is 111 Å². The number of hydrogen-bond acceptors (Lipinski definition) is 7. The fourth-order valence-corrected chi connectivity index (χ4v) is 3.87. The number of halogens is 1. The molecule has 11 heteroatoms. The average Bonchev–Trinajstić information content (AvgIpc) is 2.77. The number of sulfonamides is 1. The van der Waals surface area contributed by atoms with E-state index in [2.05, 4.69) is 5.32 Å². The van der Waals surface area contributed by atoms with Gasteiger partial charge in [0.2, 0.25) is 10.0 Å². The molecule has 0 aliphatic heterocycles. The first kappa shape index (κ1) is 25.2. The van der Waals surface area contributed by atoms with Crippen molar-refractivity contribution in [2.24, 2.45) is 0 Å². The van der Waals surface area contributed by atoms with E-state index in [9.17, 15) is 18.0 Å². The van der Waals surface area contributed by atoms with Crippen LogP contribution in [0.3, 0.4) is 0 Å². The van der Waals surface area contributed by atoms with Gasteiger partial charge in [-0.2, -0.15) is 0 Å². The molecule has 1 N–H and O–H groups in total. The highest BCUT2D eigenvalue weighted by Crippen LogP contribution is 2.27. The summed E-state index contributed by atoms with van der Waals surface area (Å²) >= 11 is 5.98. The molecule has 0 aromatic heterocycles. The minimum absolute atomic E-state index is 0.0159. The molecule has 2 aromatic rings. The molecular formula is C21H23ClN2O7S. The number of anilines is 1. The minimum Gasteiger partial charge on any atom is -0.497 e. The van der Waals surface area contributed by atoms with Gasteiger partial charge in [-0.25, -0.2) is 17.5 Å². The lowest BCUT2D eigenvalue weighted by Crippen LogP contribution is -2.23. The Bertz CT molecular complexity index is 1130. The van der Waals surface area contributed by atoms with Gasteiger partial charge < -0.3 is 19.5 Å². The third kappa shape index (κ3) is 6.46. The van der Waals surface area contributed by atoms with E-state index >= 15 is 0 Å². The molecule has 0 fully saturated rings. The van der Waals surface area contributed by atoms with Crippen molar-refractivity contribution in [2.75, 3.05) is 40.2 Å². The van der Waals surface area contributed by atoms with Crippen LogP contribution in [0.2, 0.25) is 5.02 Å². The summed E-state index contributed by atoms with van der Waals surface area (Å²) in [5, 5.41) is 2.48. The van der Waals surface area contributed by atoms with Gasteiger partial charge in [0.1, 0.15) is 16.4 Å². The Kier molecular flexibility index (Phi) is 8.64. The first-order valence-corrected chi connectivity index (χ1v) is 11.0. The average molecular weight is 483 g/mol. The molecule has 0 aliphatic rings. The Morgan fingerprint density at radius 2 is 1.81 bits per heavy atom. The fourth-order valence-electron chi connectivity index (χ4n) is 2.47. The lowest BCUT2D eigenvalue weighted by Gasteiger charge is -2.14. The molecule has 0 saturated heterocycles. The SMILES string of the molecule is COc1ccc(C=CC(=O)OCC(=O)Nc2ccc(Cl)c(S(=O)(=O)N(C)C)c2)c(OC)c1. The zero-order chi connectivity index (χ0) is 23.9. The summed E-state index contributed by atoms with van der Waals surface area (Å²) in [6.45, 7) is -0.568. The molecule has 2 aromatic carbocycles. The fraction of sp³-hybridized carbons (Fsp3) is 0.238. The first-order valence-electron chi connectivity index (χ1n) is 9.17. The monoisotopic (exact) mass is 482 g/mol. The Morgan fingerprint density at radius 1 is 1.09 bits per heavy atom. The number of nitrogens with one attached hydrogen (secondary N) is 1. The van der Waals surface area contributed by atoms with Crippen LogP contribution in [0.4, 0.5) is 5.69 Å². The maximum absolute atomic E-state index is 12.3.